The first-order valence-electron chi connectivity index (χ1n) is 7.88. The molecule has 0 radical (unpaired) electrons. The van der Waals surface area contributed by atoms with Gasteiger partial charge in [0.25, 0.3) is 5.91 Å². The zero-order valence-electron chi connectivity index (χ0n) is 14.0. The van der Waals surface area contributed by atoms with Crippen molar-refractivity contribution in [3.63, 3.8) is 0 Å². The predicted octanol–water partition coefficient (Wildman–Crippen LogP) is 4.55. The Balaban J connectivity index is 0.000000745. The van der Waals surface area contributed by atoms with E-state index in [1.807, 2.05) is 42.5 Å². The average molecular weight is 298 g/mol. The summed E-state index contributed by atoms with van der Waals surface area (Å²) in [6.07, 6.45) is 2.87. The Morgan fingerprint density at radius 2 is 1.73 bits per heavy atom. The molecule has 2 aromatic rings. The summed E-state index contributed by atoms with van der Waals surface area (Å²) in [5, 5.41) is 2.88. The van der Waals surface area contributed by atoms with Gasteiger partial charge in [-0.1, -0.05) is 64.4 Å². The van der Waals surface area contributed by atoms with Crippen molar-refractivity contribution in [2.24, 2.45) is 5.92 Å². The lowest BCUT2D eigenvalue weighted by molar-refractivity contribution is 0.0948. The molecule has 1 amide bonds. The van der Waals surface area contributed by atoms with E-state index in [-0.39, 0.29) is 5.91 Å². The summed E-state index contributed by atoms with van der Waals surface area (Å²) in [4.78, 5) is 16.2. The maximum Gasteiger partial charge on any atom is 0.252 e. The number of amides is 1. The van der Waals surface area contributed by atoms with Crippen molar-refractivity contribution < 1.29 is 4.79 Å². The van der Waals surface area contributed by atoms with Crippen LogP contribution in [0, 0.1) is 5.92 Å². The number of pyridine rings is 1. The molecule has 0 fully saturated rings. The topological polar surface area (TPSA) is 42.0 Å². The van der Waals surface area contributed by atoms with Crippen LogP contribution in [0.5, 0.6) is 0 Å². The van der Waals surface area contributed by atoms with Gasteiger partial charge in [0.1, 0.15) is 0 Å². The number of nitrogens with zero attached hydrogens (tertiary/aromatic N) is 1. The van der Waals surface area contributed by atoms with Gasteiger partial charge in [-0.3, -0.25) is 9.78 Å². The number of hydrogen-bond donors (Lipinski definition) is 1. The lowest BCUT2D eigenvalue weighted by Gasteiger charge is -2.07. The van der Waals surface area contributed by atoms with Crippen LogP contribution < -0.4 is 5.32 Å². The van der Waals surface area contributed by atoms with Crippen molar-refractivity contribution in [2.45, 2.75) is 34.1 Å². The maximum atomic E-state index is 11.8. The molecule has 0 bridgehead atoms. The molecule has 3 heteroatoms. The smallest absolute Gasteiger partial charge is 0.252 e. The normalized spacial score (nSPS) is 9.86. The number of carbonyl (C=O) groups excluding carboxylic acids is 1. The molecule has 0 saturated carbocycles. The Hall–Kier alpha value is -2.16. The molecule has 0 saturated heterocycles. The zero-order valence-corrected chi connectivity index (χ0v) is 14.0. The third-order valence-electron chi connectivity index (χ3n) is 2.77. The summed E-state index contributed by atoms with van der Waals surface area (Å²) in [5.74, 6) is 0.376. The number of nitrogens with one attached hydrogen (secondary N) is 1. The van der Waals surface area contributed by atoms with Crippen molar-refractivity contribution in [2.75, 3.05) is 6.54 Å². The van der Waals surface area contributed by atoms with E-state index in [0.717, 1.165) is 11.3 Å². The molecular weight excluding hydrogens is 272 g/mol. The summed E-state index contributed by atoms with van der Waals surface area (Å²) >= 11 is 0. The summed E-state index contributed by atoms with van der Waals surface area (Å²) < 4.78 is 0. The number of aromatic nitrogens is 1. The lowest BCUT2D eigenvalue weighted by Crippen LogP contribution is -2.27. The molecule has 1 aromatic carbocycles. The van der Waals surface area contributed by atoms with Crippen LogP contribution >= 0.6 is 0 Å². The molecule has 0 atom stereocenters. The zero-order chi connectivity index (χ0) is 16.4. The van der Waals surface area contributed by atoms with Crippen LogP contribution in [0.1, 0.15) is 44.5 Å². The average Bonchev–Trinajstić information content (AvgIpc) is 2.54. The van der Waals surface area contributed by atoms with E-state index >= 15 is 0 Å². The molecule has 0 aliphatic carbocycles. The first-order chi connectivity index (χ1) is 10.6. The van der Waals surface area contributed by atoms with Gasteiger partial charge in [0.2, 0.25) is 0 Å². The van der Waals surface area contributed by atoms with Crippen LogP contribution in [0.3, 0.4) is 0 Å². The predicted molar refractivity (Wildman–Crippen MR) is 92.8 cm³/mol. The molecule has 118 valence electrons. The fraction of sp³-hybridized carbons (Fsp3) is 0.368. The SMILES string of the molecule is CC(C)CNC(=O)c1ccc(-c2ccccc2)nc1.CCC. The first kappa shape index (κ1) is 17.9. The summed E-state index contributed by atoms with van der Waals surface area (Å²) in [6.45, 7) is 9.06. The standard InChI is InChI=1S/C16H18N2O.C3H8/c1-12(2)10-18-16(19)14-8-9-15(17-11-14)13-6-4-3-5-7-13;1-3-2/h3-9,11-12H,10H2,1-2H3,(H,18,19);3H2,1-2H3. The van der Waals surface area contributed by atoms with Gasteiger partial charge in [0.05, 0.1) is 11.3 Å². The molecule has 0 spiro atoms. The van der Waals surface area contributed by atoms with Crippen LogP contribution in [0.4, 0.5) is 0 Å². The van der Waals surface area contributed by atoms with Gasteiger partial charge in [0.15, 0.2) is 0 Å². The van der Waals surface area contributed by atoms with Crippen LogP contribution in [-0.2, 0) is 0 Å². The lowest BCUT2D eigenvalue weighted by atomic mass is 10.1. The van der Waals surface area contributed by atoms with E-state index in [0.29, 0.717) is 18.0 Å². The largest absolute Gasteiger partial charge is 0.352 e. The quantitative estimate of drug-likeness (QED) is 0.899. The Morgan fingerprint density at radius 3 is 2.23 bits per heavy atom. The van der Waals surface area contributed by atoms with Crippen LogP contribution in [0.15, 0.2) is 48.7 Å². The second kappa shape index (κ2) is 9.72. The van der Waals surface area contributed by atoms with Crippen molar-refractivity contribution in [1.82, 2.24) is 10.3 Å². The third kappa shape index (κ3) is 6.08. The molecule has 0 unspecified atom stereocenters. The molecule has 1 N–H and O–H groups in total. The minimum atomic E-state index is -0.0687. The summed E-state index contributed by atoms with van der Waals surface area (Å²) in [7, 11) is 0. The first-order valence-corrected chi connectivity index (χ1v) is 7.88. The second-order valence-corrected chi connectivity index (χ2v) is 5.61. The molecule has 3 nitrogen and oxygen atoms in total. The molecule has 1 heterocycles. The third-order valence-corrected chi connectivity index (χ3v) is 2.77. The van der Waals surface area contributed by atoms with E-state index in [1.165, 1.54) is 6.42 Å². The van der Waals surface area contributed by atoms with Gasteiger partial charge in [0, 0.05) is 18.3 Å². The van der Waals surface area contributed by atoms with Gasteiger partial charge in [-0.15, -0.1) is 0 Å². The Kier molecular flexibility index (Phi) is 7.90. The van der Waals surface area contributed by atoms with Crippen molar-refractivity contribution in [1.29, 1.82) is 0 Å². The van der Waals surface area contributed by atoms with Crippen molar-refractivity contribution >= 4 is 5.91 Å². The highest BCUT2D eigenvalue weighted by atomic mass is 16.1. The van der Waals surface area contributed by atoms with Crippen molar-refractivity contribution in [3.8, 4) is 11.3 Å². The highest BCUT2D eigenvalue weighted by Gasteiger charge is 2.07. The molecule has 0 aliphatic rings. The molecular formula is C19H26N2O. The van der Waals surface area contributed by atoms with E-state index in [4.69, 9.17) is 0 Å². The highest BCUT2D eigenvalue weighted by Crippen LogP contribution is 2.16. The molecule has 22 heavy (non-hydrogen) atoms. The number of carbonyl (C=O) groups is 1. The van der Waals surface area contributed by atoms with E-state index in [2.05, 4.69) is 38.0 Å². The van der Waals surface area contributed by atoms with E-state index < -0.39 is 0 Å². The fourth-order valence-corrected chi connectivity index (χ4v) is 1.71. The molecule has 1 aromatic heterocycles. The van der Waals surface area contributed by atoms with Crippen LogP contribution in [0.2, 0.25) is 0 Å². The van der Waals surface area contributed by atoms with Gasteiger partial charge in [-0.05, 0) is 18.1 Å². The highest BCUT2D eigenvalue weighted by molar-refractivity contribution is 5.94. The maximum absolute atomic E-state index is 11.8. The number of benzene rings is 1. The Bertz CT molecular complexity index is 547. The Morgan fingerprint density at radius 1 is 1.09 bits per heavy atom. The molecule has 2 rings (SSSR count). The van der Waals surface area contributed by atoms with E-state index in [9.17, 15) is 4.79 Å². The summed E-state index contributed by atoms with van der Waals surface area (Å²) in [5.41, 5.74) is 2.53. The molecule has 0 aliphatic heterocycles. The van der Waals surface area contributed by atoms with Gasteiger partial charge < -0.3 is 5.32 Å². The van der Waals surface area contributed by atoms with Gasteiger partial charge in [-0.25, -0.2) is 0 Å². The van der Waals surface area contributed by atoms with Crippen LogP contribution in [0.25, 0.3) is 11.3 Å². The van der Waals surface area contributed by atoms with Gasteiger partial charge in [-0.2, -0.15) is 0 Å². The van der Waals surface area contributed by atoms with Crippen molar-refractivity contribution in [3.05, 3.63) is 54.2 Å². The fourth-order valence-electron chi connectivity index (χ4n) is 1.71. The minimum Gasteiger partial charge on any atom is -0.352 e. The minimum absolute atomic E-state index is 0.0687. The van der Waals surface area contributed by atoms with E-state index in [1.54, 1.807) is 6.20 Å². The Labute approximate surface area is 133 Å². The number of rotatable bonds is 4. The monoisotopic (exact) mass is 298 g/mol. The van der Waals surface area contributed by atoms with Crippen LogP contribution in [-0.4, -0.2) is 17.4 Å². The number of hydrogen-bond acceptors (Lipinski definition) is 2. The van der Waals surface area contributed by atoms with Gasteiger partial charge >= 0.3 is 0 Å². The summed E-state index contributed by atoms with van der Waals surface area (Å²) in [6, 6.07) is 13.6. The second-order valence-electron chi connectivity index (χ2n) is 5.61.